The van der Waals surface area contributed by atoms with Crippen LogP contribution in [0.15, 0.2) is 4.52 Å². The summed E-state index contributed by atoms with van der Waals surface area (Å²) in [5.74, 6) is 1.45. The Hall–Kier alpha value is -1.54. The average molecular weight is 325 g/mol. The van der Waals surface area contributed by atoms with Crippen LogP contribution in [0.1, 0.15) is 30.0 Å². The highest BCUT2D eigenvalue weighted by Gasteiger charge is 2.26. The van der Waals surface area contributed by atoms with Crippen LogP contribution in [0, 0.1) is 6.92 Å². The molecule has 0 spiro atoms. The van der Waals surface area contributed by atoms with E-state index in [2.05, 4.69) is 10.5 Å². The first-order valence-electron chi connectivity index (χ1n) is 7.34. The van der Waals surface area contributed by atoms with Crippen molar-refractivity contribution in [1.29, 1.82) is 0 Å². The molecule has 2 aliphatic heterocycles. The minimum absolute atomic E-state index is 0.00247. The summed E-state index contributed by atoms with van der Waals surface area (Å²) in [6.45, 7) is 3.41. The quantitative estimate of drug-likeness (QED) is 0.899. The van der Waals surface area contributed by atoms with Crippen molar-refractivity contribution >= 4 is 29.5 Å². The first kappa shape index (κ1) is 15.4. The van der Waals surface area contributed by atoms with Gasteiger partial charge < -0.3 is 14.2 Å². The van der Waals surface area contributed by atoms with Crippen LogP contribution in [0.25, 0.3) is 0 Å². The molecule has 3 rings (SSSR count). The maximum atomic E-state index is 12.0. The van der Waals surface area contributed by atoms with Crippen molar-refractivity contribution in [2.24, 2.45) is 0 Å². The van der Waals surface area contributed by atoms with Gasteiger partial charge in [-0.3, -0.25) is 14.9 Å². The molecule has 3 heterocycles. The molecule has 1 N–H and O–H groups in total. The van der Waals surface area contributed by atoms with Crippen LogP contribution < -0.4 is 5.32 Å². The fourth-order valence-corrected chi connectivity index (χ4v) is 3.60. The molecule has 120 valence electrons. The molecule has 0 atom stereocenters. The molecular weight excluding hydrogens is 306 g/mol. The summed E-state index contributed by atoms with van der Waals surface area (Å²) in [4.78, 5) is 25.1. The minimum atomic E-state index is -0.256. The van der Waals surface area contributed by atoms with Gasteiger partial charge in [0.2, 0.25) is 17.7 Å². The molecule has 2 saturated heterocycles. The third kappa shape index (κ3) is 3.27. The summed E-state index contributed by atoms with van der Waals surface area (Å²) in [5, 5.41) is 6.82. The van der Waals surface area contributed by atoms with Crippen LogP contribution in [0.4, 0.5) is 5.88 Å². The van der Waals surface area contributed by atoms with Gasteiger partial charge in [0.15, 0.2) is 0 Å². The Morgan fingerprint density at radius 2 is 2.23 bits per heavy atom. The highest BCUT2D eigenvalue weighted by atomic mass is 32.2. The van der Waals surface area contributed by atoms with E-state index in [1.165, 1.54) is 16.7 Å². The van der Waals surface area contributed by atoms with Crippen LogP contribution in [0.3, 0.4) is 0 Å². The van der Waals surface area contributed by atoms with E-state index in [0.29, 0.717) is 23.4 Å². The molecule has 0 unspecified atom stereocenters. The van der Waals surface area contributed by atoms with Gasteiger partial charge in [0, 0.05) is 24.7 Å². The topological polar surface area (TPSA) is 84.7 Å². The Morgan fingerprint density at radius 1 is 1.45 bits per heavy atom. The summed E-state index contributed by atoms with van der Waals surface area (Å²) < 4.78 is 10.6. The van der Waals surface area contributed by atoms with E-state index in [0.717, 1.165) is 37.3 Å². The molecule has 0 aliphatic carbocycles. The third-order valence-corrected chi connectivity index (χ3v) is 4.93. The summed E-state index contributed by atoms with van der Waals surface area (Å²) >= 11 is 1.51. The maximum Gasteiger partial charge on any atom is 0.246 e. The Labute approximate surface area is 132 Å². The number of hydrogen-bond donors (Lipinski definition) is 1. The third-order valence-electron chi connectivity index (χ3n) is 3.98. The number of rotatable bonds is 4. The molecule has 2 aliphatic rings. The fraction of sp³-hybridized carbons (Fsp3) is 0.643. The van der Waals surface area contributed by atoms with E-state index in [1.807, 2.05) is 6.92 Å². The van der Waals surface area contributed by atoms with Crippen LogP contribution in [0.2, 0.25) is 0 Å². The lowest BCUT2D eigenvalue weighted by atomic mass is 9.94. The van der Waals surface area contributed by atoms with E-state index in [4.69, 9.17) is 9.26 Å². The van der Waals surface area contributed by atoms with Crippen LogP contribution >= 0.6 is 11.8 Å². The van der Waals surface area contributed by atoms with Crippen molar-refractivity contribution in [2.45, 2.75) is 25.7 Å². The van der Waals surface area contributed by atoms with Gasteiger partial charge in [-0.25, -0.2) is 0 Å². The lowest BCUT2D eigenvalue weighted by Crippen LogP contribution is -2.34. The van der Waals surface area contributed by atoms with E-state index in [-0.39, 0.29) is 18.4 Å². The van der Waals surface area contributed by atoms with Crippen molar-refractivity contribution in [3.05, 3.63) is 11.3 Å². The molecule has 2 amide bonds. The average Bonchev–Trinajstić information content (AvgIpc) is 3.07. The van der Waals surface area contributed by atoms with Crippen molar-refractivity contribution in [3.63, 3.8) is 0 Å². The Balaban J connectivity index is 1.61. The first-order valence-corrected chi connectivity index (χ1v) is 8.50. The summed E-state index contributed by atoms with van der Waals surface area (Å²) in [7, 11) is 0. The second kappa shape index (κ2) is 6.70. The Kier molecular flexibility index (Phi) is 4.68. The smallest absolute Gasteiger partial charge is 0.246 e. The van der Waals surface area contributed by atoms with E-state index in [9.17, 15) is 9.59 Å². The highest BCUT2D eigenvalue weighted by molar-refractivity contribution is 8.00. The predicted octanol–water partition coefficient (Wildman–Crippen LogP) is 1.35. The minimum Gasteiger partial charge on any atom is -0.381 e. The number of hydrogen-bond acceptors (Lipinski definition) is 6. The number of aromatic nitrogens is 1. The normalized spacial score (nSPS) is 19.7. The second-order valence-corrected chi connectivity index (χ2v) is 6.48. The molecule has 0 bridgehead atoms. The largest absolute Gasteiger partial charge is 0.381 e. The van der Waals surface area contributed by atoms with Crippen LogP contribution in [-0.2, 0) is 14.3 Å². The molecule has 1 aromatic heterocycles. The number of carbonyl (C=O) groups is 2. The lowest BCUT2D eigenvalue weighted by Gasteiger charge is -2.20. The number of ether oxygens (including phenoxy) is 1. The zero-order valence-electron chi connectivity index (χ0n) is 12.5. The molecule has 0 radical (unpaired) electrons. The Bertz CT molecular complexity index is 568. The molecule has 1 aromatic rings. The Morgan fingerprint density at radius 3 is 2.91 bits per heavy atom. The van der Waals surface area contributed by atoms with Gasteiger partial charge in [-0.15, -0.1) is 11.8 Å². The lowest BCUT2D eigenvalue weighted by molar-refractivity contribution is -0.130. The molecule has 2 fully saturated rings. The summed E-state index contributed by atoms with van der Waals surface area (Å²) in [6.07, 6.45) is 1.83. The number of thioether (sulfide) groups is 1. The SMILES string of the molecule is Cc1c(C2CCOCC2)noc1NC(=O)CN1CSCC1=O. The zero-order valence-corrected chi connectivity index (χ0v) is 13.3. The second-order valence-electron chi connectivity index (χ2n) is 5.53. The van der Waals surface area contributed by atoms with Gasteiger partial charge in [-0.05, 0) is 19.8 Å². The number of carbonyl (C=O) groups excluding carboxylic acids is 2. The number of nitrogens with zero attached hydrogens (tertiary/aromatic N) is 2. The highest BCUT2D eigenvalue weighted by Crippen LogP contribution is 2.31. The van der Waals surface area contributed by atoms with Gasteiger partial charge in [0.1, 0.15) is 6.54 Å². The first-order chi connectivity index (χ1) is 10.6. The van der Waals surface area contributed by atoms with E-state index in [1.54, 1.807) is 0 Å². The van der Waals surface area contributed by atoms with Crippen molar-refractivity contribution < 1.29 is 18.8 Å². The molecule has 22 heavy (non-hydrogen) atoms. The van der Waals surface area contributed by atoms with Crippen LogP contribution in [0.5, 0.6) is 0 Å². The predicted molar refractivity (Wildman–Crippen MR) is 81.7 cm³/mol. The molecule has 8 heteroatoms. The van der Waals surface area contributed by atoms with Gasteiger partial charge in [0.05, 0.1) is 17.3 Å². The summed E-state index contributed by atoms with van der Waals surface area (Å²) in [6, 6.07) is 0. The van der Waals surface area contributed by atoms with E-state index < -0.39 is 0 Å². The zero-order chi connectivity index (χ0) is 15.5. The van der Waals surface area contributed by atoms with Gasteiger partial charge >= 0.3 is 0 Å². The molecule has 7 nitrogen and oxygen atoms in total. The van der Waals surface area contributed by atoms with Crippen molar-refractivity contribution in [2.75, 3.05) is 36.7 Å². The number of amides is 2. The van der Waals surface area contributed by atoms with Gasteiger partial charge in [-0.1, -0.05) is 5.16 Å². The van der Waals surface area contributed by atoms with E-state index >= 15 is 0 Å². The van der Waals surface area contributed by atoms with Gasteiger partial charge in [0.25, 0.3) is 0 Å². The van der Waals surface area contributed by atoms with Crippen molar-refractivity contribution in [1.82, 2.24) is 10.1 Å². The van der Waals surface area contributed by atoms with Gasteiger partial charge in [-0.2, -0.15) is 0 Å². The van der Waals surface area contributed by atoms with Crippen molar-refractivity contribution in [3.8, 4) is 0 Å². The fourth-order valence-electron chi connectivity index (χ4n) is 2.70. The number of anilines is 1. The molecule has 0 aromatic carbocycles. The maximum absolute atomic E-state index is 12.0. The molecule has 0 saturated carbocycles. The standard InChI is InChI=1S/C14H19N3O4S/c1-9-13(10-2-4-20-5-3-10)16-21-14(9)15-11(18)6-17-8-22-7-12(17)19/h10H,2-8H2,1H3,(H,15,18). The number of nitrogens with one attached hydrogen (secondary N) is 1. The van der Waals surface area contributed by atoms with Crippen LogP contribution in [-0.4, -0.2) is 53.3 Å². The summed E-state index contributed by atoms with van der Waals surface area (Å²) in [5.41, 5.74) is 1.76. The molecular formula is C14H19N3O4S. The monoisotopic (exact) mass is 325 g/mol.